The highest BCUT2D eigenvalue weighted by molar-refractivity contribution is 7.10. The molecule has 0 spiro atoms. The van der Waals surface area contributed by atoms with Crippen LogP contribution in [0.5, 0.6) is 0 Å². The summed E-state index contributed by atoms with van der Waals surface area (Å²) in [5.74, 6) is -0.392. The lowest BCUT2D eigenvalue weighted by Gasteiger charge is -2.19. The minimum absolute atomic E-state index is 0.0447. The Labute approximate surface area is 152 Å². The first kappa shape index (κ1) is 19.2. The molecule has 25 heavy (non-hydrogen) atoms. The minimum atomic E-state index is -0.817. The molecule has 2 N–H and O–H groups in total. The number of carboxylic acid groups (broad SMARTS) is 1. The number of benzene rings is 1. The SMILES string of the molecule is CC(C)c1ccc(C(NC(=O)CCCCC(=O)O)c2cccs2)cc1. The van der Waals surface area contributed by atoms with Gasteiger partial charge in [-0.15, -0.1) is 11.3 Å². The Balaban J connectivity index is 2.04. The zero-order valence-corrected chi connectivity index (χ0v) is 15.5. The topological polar surface area (TPSA) is 66.4 Å². The van der Waals surface area contributed by atoms with Gasteiger partial charge in [-0.25, -0.2) is 0 Å². The second-order valence-electron chi connectivity index (χ2n) is 6.44. The van der Waals surface area contributed by atoms with Crippen molar-refractivity contribution in [3.05, 3.63) is 57.8 Å². The van der Waals surface area contributed by atoms with Crippen molar-refractivity contribution in [1.29, 1.82) is 0 Å². The second-order valence-corrected chi connectivity index (χ2v) is 7.42. The Morgan fingerprint density at radius 1 is 1.04 bits per heavy atom. The van der Waals surface area contributed by atoms with Gasteiger partial charge in [-0.3, -0.25) is 9.59 Å². The first-order valence-corrected chi connectivity index (χ1v) is 9.49. The van der Waals surface area contributed by atoms with Crippen LogP contribution in [0.15, 0.2) is 41.8 Å². The lowest BCUT2D eigenvalue weighted by Crippen LogP contribution is -2.28. The third-order valence-corrected chi connectivity index (χ3v) is 5.05. The molecule has 2 aromatic rings. The van der Waals surface area contributed by atoms with Gasteiger partial charge in [-0.05, 0) is 41.3 Å². The van der Waals surface area contributed by atoms with E-state index in [0.29, 0.717) is 25.2 Å². The zero-order chi connectivity index (χ0) is 18.2. The lowest BCUT2D eigenvalue weighted by atomic mass is 9.98. The van der Waals surface area contributed by atoms with Crippen molar-refractivity contribution >= 4 is 23.2 Å². The highest BCUT2D eigenvalue weighted by atomic mass is 32.1. The summed E-state index contributed by atoms with van der Waals surface area (Å²) in [5, 5.41) is 13.8. The number of thiophene rings is 1. The van der Waals surface area contributed by atoms with Gasteiger partial charge < -0.3 is 10.4 Å². The van der Waals surface area contributed by atoms with Gasteiger partial charge >= 0.3 is 5.97 Å². The first-order chi connectivity index (χ1) is 12.0. The van der Waals surface area contributed by atoms with Crippen LogP contribution < -0.4 is 5.32 Å². The molecule has 0 aliphatic heterocycles. The summed E-state index contributed by atoms with van der Waals surface area (Å²) in [4.78, 5) is 23.9. The maximum absolute atomic E-state index is 12.3. The molecule has 0 aliphatic carbocycles. The van der Waals surface area contributed by atoms with Gasteiger partial charge in [0.05, 0.1) is 6.04 Å². The molecule has 1 aromatic carbocycles. The highest BCUT2D eigenvalue weighted by Gasteiger charge is 2.18. The summed E-state index contributed by atoms with van der Waals surface area (Å²) < 4.78 is 0. The Morgan fingerprint density at radius 3 is 2.24 bits per heavy atom. The lowest BCUT2D eigenvalue weighted by molar-refractivity contribution is -0.137. The van der Waals surface area contributed by atoms with E-state index < -0.39 is 5.97 Å². The first-order valence-electron chi connectivity index (χ1n) is 8.61. The summed E-state index contributed by atoms with van der Waals surface area (Å²) in [6, 6.07) is 12.2. The molecule has 0 saturated carbocycles. The molecule has 2 rings (SSSR count). The molecule has 134 valence electrons. The average molecular weight is 359 g/mol. The van der Waals surface area contributed by atoms with Crippen LogP contribution in [0.25, 0.3) is 0 Å². The van der Waals surface area contributed by atoms with Crippen LogP contribution in [0.4, 0.5) is 0 Å². The van der Waals surface area contributed by atoms with Crippen molar-refractivity contribution in [2.75, 3.05) is 0 Å². The van der Waals surface area contributed by atoms with Gasteiger partial charge in [-0.2, -0.15) is 0 Å². The third kappa shape index (κ3) is 6.02. The second kappa shape index (κ2) is 9.37. The molecule has 0 aliphatic rings. The number of amides is 1. The van der Waals surface area contributed by atoms with Crippen molar-refractivity contribution in [2.45, 2.75) is 51.5 Å². The largest absolute Gasteiger partial charge is 0.481 e. The van der Waals surface area contributed by atoms with E-state index in [1.165, 1.54) is 5.56 Å². The van der Waals surface area contributed by atoms with E-state index in [9.17, 15) is 9.59 Å². The van der Waals surface area contributed by atoms with E-state index in [1.54, 1.807) is 11.3 Å². The Hall–Kier alpha value is -2.14. The zero-order valence-electron chi connectivity index (χ0n) is 14.7. The van der Waals surface area contributed by atoms with Gasteiger partial charge in [0.2, 0.25) is 5.91 Å². The average Bonchev–Trinajstić information content (AvgIpc) is 3.11. The minimum Gasteiger partial charge on any atom is -0.481 e. The molecule has 1 aromatic heterocycles. The third-order valence-electron chi connectivity index (χ3n) is 4.11. The maximum atomic E-state index is 12.3. The molecular weight excluding hydrogens is 334 g/mol. The standard InChI is InChI=1S/C20H25NO3S/c1-14(2)15-9-11-16(12-10-15)20(17-6-5-13-25-17)21-18(22)7-3-4-8-19(23)24/h5-6,9-14,20H,3-4,7-8H2,1-2H3,(H,21,22)(H,23,24). The molecule has 0 radical (unpaired) electrons. The van der Waals surface area contributed by atoms with Crippen molar-refractivity contribution in [3.63, 3.8) is 0 Å². The Bertz CT molecular complexity index is 677. The Morgan fingerprint density at radius 2 is 1.68 bits per heavy atom. The van der Waals surface area contributed by atoms with Crippen LogP contribution in [0.3, 0.4) is 0 Å². The quantitative estimate of drug-likeness (QED) is 0.637. The number of carbonyl (C=O) groups is 2. The van der Waals surface area contributed by atoms with Crippen LogP contribution in [0.2, 0.25) is 0 Å². The van der Waals surface area contributed by atoms with Crippen molar-refractivity contribution < 1.29 is 14.7 Å². The van der Waals surface area contributed by atoms with Crippen LogP contribution in [0, 0.1) is 0 Å². The molecule has 0 saturated heterocycles. The predicted octanol–water partition coefficient (Wildman–Crippen LogP) is 4.72. The molecular formula is C20H25NO3S. The molecule has 0 bridgehead atoms. The summed E-state index contributed by atoms with van der Waals surface area (Å²) in [6.45, 7) is 4.31. The summed E-state index contributed by atoms with van der Waals surface area (Å²) in [6.07, 6.45) is 1.56. The van der Waals surface area contributed by atoms with Crippen LogP contribution in [-0.4, -0.2) is 17.0 Å². The van der Waals surface area contributed by atoms with E-state index >= 15 is 0 Å². The van der Waals surface area contributed by atoms with E-state index in [0.717, 1.165) is 10.4 Å². The monoisotopic (exact) mass is 359 g/mol. The number of nitrogens with one attached hydrogen (secondary N) is 1. The predicted molar refractivity (Wildman–Crippen MR) is 101 cm³/mol. The highest BCUT2D eigenvalue weighted by Crippen LogP contribution is 2.27. The van der Waals surface area contributed by atoms with E-state index in [1.807, 2.05) is 17.5 Å². The summed E-state index contributed by atoms with van der Waals surface area (Å²) >= 11 is 1.62. The molecule has 0 fully saturated rings. The van der Waals surface area contributed by atoms with Crippen molar-refractivity contribution in [3.8, 4) is 0 Å². The normalized spacial score (nSPS) is 12.1. The van der Waals surface area contributed by atoms with Crippen molar-refractivity contribution in [2.24, 2.45) is 0 Å². The molecule has 1 unspecified atom stereocenters. The van der Waals surface area contributed by atoms with Crippen LogP contribution >= 0.6 is 11.3 Å². The maximum Gasteiger partial charge on any atom is 0.303 e. The number of carboxylic acids is 1. The van der Waals surface area contributed by atoms with E-state index in [2.05, 4.69) is 43.4 Å². The van der Waals surface area contributed by atoms with E-state index in [-0.39, 0.29) is 18.4 Å². The van der Waals surface area contributed by atoms with Crippen molar-refractivity contribution in [1.82, 2.24) is 5.32 Å². The summed E-state index contributed by atoms with van der Waals surface area (Å²) in [7, 11) is 0. The molecule has 1 amide bonds. The fraction of sp³-hybridized carbons (Fsp3) is 0.400. The molecule has 5 heteroatoms. The van der Waals surface area contributed by atoms with Gasteiger partial charge in [0.1, 0.15) is 0 Å². The smallest absolute Gasteiger partial charge is 0.303 e. The fourth-order valence-corrected chi connectivity index (χ4v) is 3.45. The fourth-order valence-electron chi connectivity index (χ4n) is 2.64. The number of rotatable bonds is 9. The number of hydrogen-bond donors (Lipinski definition) is 2. The number of aliphatic carboxylic acids is 1. The van der Waals surface area contributed by atoms with E-state index in [4.69, 9.17) is 5.11 Å². The summed E-state index contributed by atoms with van der Waals surface area (Å²) in [5.41, 5.74) is 2.33. The number of unbranched alkanes of at least 4 members (excludes halogenated alkanes) is 1. The van der Waals surface area contributed by atoms with Crippen LogP contribution in [-0.2, 0) is 9.59 Å². The van der Waals surface area contributed by atoms with Gasteiger partial charge in [0.25, 0.3) is 0 Å². The Kier molecular flexibility index (Phi) is 7.19. The molecule has 4 nitrogen and oxygen atoms in total. The number of hydrogen-bond acceptors (Lipinski definition) is 3. The number of carbonyl (C=O) groups excluding carboxylic acids is 1. The van der Waals surface area contributed by atoms with Gasteiger partial charge in [-0.1, -0.05) is 44.2 Å². The molecule has 1 heterocycles. The molecule has 1 atom stereocenters. The van der Waals surface area contributed by atoms with Gasteiger partial charge in [0.15, 0.2) is 0 Å². The van der Waals surface area contributed by atoms with Gasteiger partial charge in [0, 0.05) is 17.7 Å². The van der Waals surface area contributed by atoms with Crippen LogP contribution in [0.1, 0.15) is 67.5 Å².